The van der Waals surface area contributed by atoms with Crippen LogP contribution in [0.3, 0.4) is 0 Å². The van der Waals surface area contributed by atoms with Crippen molar-refractivity contribution in [1.82, 2.24) is 14.8 Å². The molecule has 5 heteroatoms. The van der Waals surface area contributed by atoms with E-state index in [1.165, 1.54) is 5.56 Å². The molecule has 1 atom stereocenters. The number of rotatable bonds is 7. The van der Waals surface area contributed by atoms with Crippen LogP contribution in [-0.4, -0.2) is 20.1 Å². The van der Waals surface area contributed by atoms with Crippen LogP contribution >= 0.6 is 31.9 Å². The number of aryl methyl sites for hydroxylation is 1. The van der Waals surface area contributed by atoms with Gasteiger partial charge in [0.15, 0.2) is 0 Å². The van der Waals surface area contributed by atoms with Gasteiger partial charge in [0.25, 0.3) is 0 Å². The second-order valence-electron chi connectivity index (χ2n) is 4.96. The molecule has 0 N–H and O–H groups in total. The lowest BCUT2D eigenvalue weighted by molar-refractivity contribution is 0.511. The molecule has 0 amide bonds. The molecule has 0 radical (unpaired) electrons. The molecule has 1 aromatic carbocycles. The van der Waals surface area contributed by atoms with Crippen LogP contribution in [0.4, 0.5) is 0 Å². The molecule has 20 heavy (non-hydrogen) atoms. The molecule has 2 rings (SSSR count). The number of benzene rings is 1. The Balaban J connectivity index is 2.03. The van der Waals surface area contributed by atoms with Crippen molar-refractivity contribution in [2.24, 2.45) is 5.92 Å². The number of nitrogens with zero attached hydrogens (tertiary/aromatic N) is 3. The van der Waals surface area contributed by atoms with Crippen LogP contribution in [0.25, 0.3) is 0 Å². The molecule has 0 aliphatic carbocycles. The monoisotopic (exact) mass is 399 g/mol. The van der Waals surface area contributed by atoms with E-state index < -0.39 is 0 Å². The second-order valence-corrected chi connectivity index (χ2v) is 6.52. The first-order valence-electron chi connectivity index (χ1n) is 6.90. The molecule has 0 aliphatic rings. The summed E-state index contributed by atoms with van der Waals surface area (Å²) >= 11 is 7.16. The molecule has 0 saturated carbocycles. The minimum absolute atomic E-state index is 0.532. The highest BCUT2D eigenvalue weighted by atomic mass is 79.9. The fourth-order valence-electron chi connectivity index (χ4n) is 2.28. The maximum Gasteiger partial charge on any atom is 0.138 e. The Hall–Kier alpha value is -0.680. The average Bonchev–Trinajstić information content (AvgIpc) is 2.86. The van der Waals surface area contributed by atoms with E-state index in [1.807, 2.05) is 4.68 Å². The Kier molecular flexibility index (Phi) is 6.23. The van der Waals surface area contributed by atoms with Gasteiger partial charge in [-0.15, -0.1) is 0 Å². The summed E-state index contributed by atoms with van der Waals surface area (Å²) in [5, 5.41) is 5.27. The zero-order valence-corrected chi connectivity index (χ0v) is 14.8. The lowest BCUT2D eigenvalue weighted by Crippen LogP contribution is -2.15. The van der Waals surface area contributed by atoms with Gasteiger partial charge < -0.3 is 0 Å². The maximum absolute atomic E-state index is 4.40. The minimum Gasteiger partial charge on any atom is -0.250 e. The second kappa shape index (κ2) is 7.93. The van der Waals surface area contributed by atoms with Gasteiger partial charge in [-0.2, -0.15) is 5.10 Å². The standard InChI is InChI=1S/C15H19Br2N3/c1-2-6-20-15(18-11-19-20)9-13(10-16)7-12-4-3-5-14(17)8-12/h3-5,8,11,13H,2,6-7,9-10H2,1H3. The first kappa shape index (κ1) is 15.7. The van der Waals surface area contributed by atoms with Crippen LogP contribution in [0, 0.1) is 5.92 Å². The molecule has 0 aliphatic heterocycles. The van der Waals surface area contributed by atoms with Crippen molar-refractivity contribution in [2.45, 2.75) is 32.7 Å². The molecular weight excluding hydrogens is 382 g/mol. The highest BCUT2D eigenvalue weighted by molar-refractivity contribution is 9.10. The zero-order chi connectivity index (χ0) is 14.4. The predicted molar refractivity (Wildman–Crippen MR) is 89.1 cm³/mol. The van der Waals surface area contributed by atoms with Crippen molar-refractivity contribution >= 4 is 31.9 Å². The molecule has 1 heterocycles. The summed E-state index contributed by atoms with van der Waals surface area (Å²) in [6, 6.07) is 8.51. The van der Waals surface area contributed by atoms with E-state index in [0.717, 1.165) is 41.4 Å². The lowest BCUT2D eigenvalue weighted by atomic mass is 9.98. The van der Waals surface area contributed by atoms with Crippen LogP contribution < -0.4 is 0 Å². The summed E-state index contributed by atoms with van der Waals surface area (Å²) in [4.78, 5) is 4.40. The molecule has 1 aromatic heterocycles. The molecule has 0 bridgehead atoms. The van der Waals surface area contributed by atoms with Crippen LogP contribution in [0.5, 0.6) is 0 Å². The third kappa shape index (κ3) is 4.42. The van der Waals surface area contributed by atoms with Gasteiger partial charge in [-0.1, -0.05) is 50.9 Å². The van der Waals surface area contributed by atoms with E-state index in [9.17, 15) is 0 Å². The van der Waals surface area contributed by atoms with Crippen LogP contribution in [-0.2, 0) is 19.4 Å². The van der Waals surface area contributed by atoms with E-state index in [-0.39, 0.29) is 0 Å². The fraction of sp³-hybridized carbons (Fsp3) is 0.467. The first-order valence-corrected chi connectivity index (χ1v) is 8.81. The number of aromatic nitrogens is 3. The fourth-order valence-corrected chi connectivity index (χ4v) is 3.19. The van der Waals surface area contributed by atoms with E-state index >= 15 is 0 Å². The Morgan fingerprint density at radius 1 is 1.30 bits per heavy atom. The van der Waals surface area contributed by atoms with E-state index in [1.54, 1.807) is 6.33 Å². The summed E-state index contributed by atoms with van der Waals surface area (Å²) in [5.41, 5.74) is 1.35. The maximum atomic E-state index is 4.40. The van der Waals surface area contributed by atoms with Crippen LogP contribution in [0.2, 0.25) is 0 Å². The molecule has 0 fully saturated rings. The molecule has 3 nitrogen and oxygen atoms in total. The van der Waals surface area contributed by atoms with Crippen molar-refractivity contribution in [3.05, 3.63) is 46.5 Å². The van der Waals surface area contributed by atoms with Gasteiger partial charge in [-0.3, -0.25) is 4.68 Å². The lowest BCUT2D eigenvalue weighted by Gasteiger charge is -2.14. The highest BCUT2D eigenvalue weighted by Crippen LogP contribution is 2.19. The highest BCUT2D eigenvalue weighted by Gasteiger charge is 2.13. The van der Waals surface area contributed by atoms with Gasteiger partial charge >= 0.3 is 0 Å². The Morgan fingerprint density at radius 2 is 2.15 bits per heavy atom. The van der Waals surface area contributed by atoms with Gasteiger partial charge in [0.05, 0.1) is 0 Å². The van der Waals surface area contributed by atoms with Gasteiger partial charge in [-0.05, 0) is 36.5 Å². The molecule has 2 aromatic rings. The van der Waals surface area contributed by atoms with Crippen LogP contribution in [0.15, 0.2) is 35.1 Å². The minimum atomic E-state index is 0.532. The Morgan fingerprint density at radius 3 is 2.85 bits per heavy atom. The summed E-state index contributed by atoms with van der Waals surface area (Å²) in [6.45, 7) is 3.11. The van der Waals surface area contributed by atoms with Crippen molar-refractivity contribution < 1.29 is 0 Å². The first-order chi connectivity index (χ1) is 9.72. The normalized spacial score (nSPS) is 12.6. The smallest absolute Gasteiger partial charge is 0.138 e. The van der Waals surface area contributed by atoms with Gasteiger partial charge in [0.2, 0.25) is 0 Å². The Bertz CT molecular complexity index is 539. The summed E-state index contributed by atoms with van der Waals surface area (Å²) in [5.74, 6) is 1.62. The summed E-state index contributed by atoms with van der Waals surface area (Å²) in [6.07, 6.45) is 4.75. The molecular formula is C15H19Br2N3. The topological polar surface area (TPSA) is 30.7 Å². The third-order valence-electron chi connectivity index (χ3n) is 3.23. The number of hydrogen-bond acceptors (Lipinski definition) is 2. The number of halogens is 2. The molecule has 108 valence electrons. The molecule has 0 saturated heterocycles. The van der Waals surface area contributed by atoms with E-state index in [0.29, 0.717) is 5.92 Å². The third-order valence-corrected chi connectivity index (χ3v) is 4.64. The van der Waals surface area contributed by atoms with Crippen molar-refractivity contribution in [3.8, 4) is 0 Å². The van der Waals surface area contributed by atoms with E-state index in [4.69, 9.17) is 0 Å². The van der Waals surface area contributed by atoms with E-state index in [2.05, 4.69) is 73.1 Å². The van der Waals surface area contributed by atoms with Gasteiger partial charge in [0, 0.05) is 22.8 Å². The number of alkyl halides is 1. The quantitative estimate of drug-likeness (QED) is 0.650. The SMILES string of the molecule is CCCn1ncnc1CC(CBr)Cc1cccc(Br)c1. The Labute approximate surface area is 137 Å². The zero-order valence-electron chi connectivity index (χ0n) is 11.6. The van der Waals surface area contributed by atoms with Gasteiger partial charge in [-0.25, -0.2) is 4.98 Å². The number of hydrogen-bond donors (Lipinski definition) is 0. The van der Waals surface area contributed by atoms with Crippen LogP contribution in [0.1, 0.15) is 24.7 Å². The van der Waals surface area contributed by atoms with Gasteiger partial charge in [0.1, 0.15) is 12.2 Å². The molecule has 1 unspecified atom stereocenters. The molecule has 0 spiro atoms. The summed E-state index contributed by atoms with van der Waals surface area (Å²) < 4.78 is 3.16. The largest absolute Gasteiger partial charge is 0.250 e. The van der Waals surface area contributed by atoms with Crippen molar-refractivity contribution in [2.75, 3.05) is 5.33 Å². The summed E-state index contributed by atoms with van der Waals surface area (Å²) in [7, 11) is 0. The van der Waals surface area contributed by atoms with Crippen molar-refractivity contribution in [1.29, 1.82) is 0 Å². The average molecular weight is 401 g/mol. The van der Waals surface area contributed by atoms with Crippen molar-refractivity contribution in [3.63, 3.8) is 0 Å². The predicted octanol–water partition coefficient (Wildman–Crippen LogP) is 4.25.